The van der Waals surface area contributed by atoms with Crippen molar-refractivity contribution in [2.24, 2.45) is 0 Å². The van der Waals surface area contributed by atoms with Crippen molar-refractivity contribution in [1.82, 2.24) is 10.6 Å². The van der Waals surface area contributed by atoms with Gasteiger partial charge in [-0.05, 0) is 14.0 Å². The summed E-state index contributed by atoms with van der Waals surface area (Å²) in [5, 5.41) is 4.96. The first-order valence-electron chi connectivity index (χ1n) is 3.52. The van der Waals surface area contributed by atoms with Crippen molar-refractivity contribution < 1.29 is 14.3 Å². The zero-order valence-electron chi connectivity index (χ0n) is 7.72. The van der Waals surface area contributed by atoms with Gasteiger partial charge in [-0.25, -0.2) is 4.79 Å². The number of methoxy groups -OCH3 is 1. The van der Waals surface area contributed by atoms with Gasteiger partial charge >= 0.3 is 5.97 Å². The normalized spacial score (nSPS) is 14.7. The molecule has 0 saturated heterocycles. The third-order valence-corrected chi connectivity index (χ3v) is 1.77. The highest BCUT2D eigenvalue weighted by Crippen LogP contribution is 2.04. The van der Waals surface area contributed by atoms with E-state index in [9.17, 15) is 9.59 Å². The van der Waals surface area contributed by atoms with Crippen LogP contribution in [0.15, 0.2) is 0 Å². The molecule has 1 amide bonds. The Labute approximate surface area is 71.5 Å². The molecule has 0 fully saturated rings. The van der Waals surface area contributed by atoms with E-state index in [1.807, 2.05) is 0 Å². The molecule has 1 atom stereocenters. The molecule has 0 aromatic rings. The van der Waals surface area contributed by atoms with Crippen molar-refractivity contribution in [3.8, 4) is 0 Å². The molecule has 2 N–H and O–H groups in total. The molecule has 0 rings (SSSR count). The Morgan fingerprint density at radius 2 is 1.83 bits per heavy atom. The average Bonchev–Trinajstić information content (AvgIpc) is 2.13. The Hall–Kier alpha value is -1.10. The monoisotopic (exact) mass is 174 g/mol. The van der Waals surface area contributed by atoms with E-state index in [-0.39, 0.29) is 0 Å². The van der Waals surface area contributed by atoms with E-state index in [0.717, 1.165) is 0 Å². The second-order valence-electron chi connectivity index (χ2n) is 2.45. The fourth-order valence-corrected chi connectivity index (χ4v) is 0.762. The number of hydrogen-bond acceptors (Lipinski definition) is 4. The molecule has 12 heavy (non-hydrogen) atoms. The largest absolute Gasteiger partial charge is 0.467 e. The number of amides is 1. The summed E-state index contributed by atoms with van der Waals surface area (Å²) in [6, 6.07) is 0. The minimum absolute atomic E-state index is 0.420. The van der Waals surface area contributed by atoms with Crippen LogP contribution in [0.25, 0.3) is 0 Å². The Balaban J connectivity index is 4.66. The van der Waals surface area contributed by atoms with Crippen LogP contribution in [0.3, 0.4) is 0 Å². The van der Waals surface area contributed by atoms with Gasteiger partial charge in [-0.1, -0.05) is 0 Å². The molecule has 0 bridgehead atoms. The maximum Gasteiger partial charge on any atom is 0.335 e. The number of hydrogen-bond donors (Lipinski definition) is 2. The topological polar surface area (TPSA) is 67.4 Å². The second kappa shape index (κ2) is 4.06. The SMILES string of the molecule is CNC(=O)C(C)(NC)C(=O)OC. The zero-order valence-corrected chi connectivity index (χ0v) is 7.72. The minimum Gasteiger partial charge on any atom is -0.467 e. The highest BCUT2D eigenvalue weighted by molar-refractivity contribution is 6.06. The number of nitrogens with one attached hydrogen (secondary N) is 2. The van der Waals surface area contributed by atoms with Crippen LogP contribution >= 0.6 is 0 Å². The number of esters is 1. The lowest BCUT2D eigenvalue weighted by atomic mass is 10.0. The zero-order chi connectivity index (χ0) is 9.78. The molecular formula is C7H14N2O3. The van der Waals surface area contributed by atoms with Crippen molar-refractivity contribution >= 4 is 11.9 Å². The van der Waals surface area contributed by atoms with Gasteiger partial charge in [0.15, 0.2) is 5.54 Å². The highest BCUT2D eigenvalue weighted by Gasteiger charge is 2.40. The smallest absolute Gasteiger partial charge is 0.335 e. The van der Waals surface area contributed by atoms with Crippen LogP contribution in [0.2, 0.25) is 0 Å². The fourth-order valence-electron chi connectivity index (χ4n) is 0.762. The summed E-state index contributed by atoms with van der Waals surface area (Å²) < 4.78 is 4.47. The lowest BCUT2D eigenvalue weighted by molar-refractivity contribution is -0.152. The first-order chi connectivity index (χ1) is 5.52. The van der Waals surface area contributed by atoms with Gasteiger partial charge in [-0.15, -0.1) is 0 Å². The van der Waals surface area contributed by atoms with Crippen LogP contribution in [-0.4, -0.2) is 38.6 Å². The Kier molecular flexibility index (Phi) is 3.69. The molecule has 0 saturated carbocycles. The van der Waals surface area contributed by atoms with Crippen molar-refractivity contribution in [3.05, 3.63) is 0 Å². The molecule has 1 unspecified atom stereocenters. The number of carbonyl (C=O) groups excluding carboxylic acids is 2. The summed E-state index contributed by atoms with van der Waals surface area (Å²) in [5.74, 6) is -1.03. The first-order valence-corrected chi connectivity index (χ1v) is 3.52. The van der Waals surface area contributed by atoms with E-state index in [4.69, 9.17) is 0 Å². The van der Waals surface area contributed by atoms with E-state index in [0.29, 0.717) is 0 Å². The number of carbonyl (C=O) groups is 2. The van der Waals surface area contributed by atoms with Crippen LogP contribution in [-0.2, 0) is 14.3 Å². The number of likely N-dealkylation sites (N-methyl/N-ethyl adjacent to an activating group) is 2. The summed E-state index contributed by atoms with van der Waals surface area (Å²) in [6.07, 6.45) is 0. The van der Waals surface area contributed by atoms with Gasteiger partial charge in [0.25, 0.3) is 5.91 Å². The summed E-state index contributed by atoms with van der Waals surface area (Å²) >= 11 is 0. The van der Waals surface area contributed by atoms with Gasteiger partial charge in [0.1, 0.15) is 0 Å². The third-order valence-electron chi connectivity index (χ3n) is 1.77. The molecule has 0 aliphatic heterocycles. The molecule has 0 spiro atoms. The van der Waals surface area contributed by atoms with Crippen molar-refractivity contribution in [3.63, 3.8) is 0 Å². The molecule has 0 aliphatic rings. The third kappa shape index (κ3) is 1.73. The molecule has 70 valence electrons. The van der Waals surface area contributed by atoms with Gasteiger partial charge in [0.05, 0.1) is 7.11 Å². The molecular weight excluding hydrogens is 160 g/mol. The van der Waals surface area contributed by atoms with Crippen molar-refractivity contribution in [2.45, 2.75) is 12.5 Å². The maximum absolute atomic E-state index is 11.2. The maximum atomic E-state index is 11.2. The van der Waals surface area contributed by atoms with Gasteiger partial charge in [-0.2, -0.15) is 0 Å². The predicted molar refractivity (Wildman–Crippen MR) is 43.5 cm³/mol. The Bertz CT molecular complexity index is 175. The first kappa shape index (κ1) is 10.9. The van der Waals surface area contributed by atoms with Crippen LogP contribution in [0.4, 0.5) is 0 Å². The van der Waals surface area contributed by atoms with Crippen LogP contribution in [0.1, 0.15) is 6.92 Å². The highest BCUT2D eigenvalue weighted by atomic mass is 16.5. The van der Waals surface area contributed by atoms with Gasteiger partial charge in [-0.3, -0.25) is 10.1 Å². The summed E-state index contributed by atoms with van der Waals surface area (Å²) in [4.78, 5) is 22.3. The lowest BCUT2D eigenvalue weighted by Crippen LogP contribution is -2.58. The van der Waals surface area contributed by atoms with Crippen molar-refractivity contribution in [1.29, 1.82) is 0 Å². The van der Waals surface area contributed by atoms with E-state index in [1.165, 1.54) is 28.1 Å². The molecule has 5 heteroatoms. The lowest BCUT2D eigenvalue weighted by Gasteiger charge is -2.23. The average molecular weight is 174 g/mol. The Morgan fingerprint density at radius 1 is 1.33 bits per heavy atom. The molecule has 0 aliphatic carbocycles. The van der Waals surface area contributed by atoms with Crippen LogP contribution in [0, 0.1) is 0 Å². The van der Waals surface area contributed by atoms with E-state index >= 15 is 0 Å². The minimum atomic E-state index is -1.30. The van der Waals surface area contributed by atoms with Gasteiger partial charge in [0.2, 0.25) is 0 Å². The second-order valence-corrected chi connectivity index (χ2v) is 2.45. The predicted octanol–water partition coefficient (Wildman–Crippen LogP) is -1.12. The number of rotatable bonds is 3. The van der Waals surface area contributed by atoms with Gasteiger partial charge in [0, 0.05) is 7.05 Å². The molecule has 0 aromatic heterocycles. The van der Waals surface area contributed by atoms with Crippen molar-refractivity contribution in [2.75, 3.05) is 21.2 Å². The summed E-state index contributed by atoms with van der Waals surface area (Å²) in [7, 11) is 4.22. The molecule has 0 aromatic carbocycles. The molecule has 5 nitrogen and oxygen atoms in total. The van der Waals surface area contributed by atoms with Crippen LogP contribution in [0.5, 0.6) is 0 Å². The fraction of sp³-hybridized carbons (Fsp3) is 0.714. The standard InChI is InChI=1S/C7H14N2O3/c1-7(9-3,5(10)8-2)6(11)12-4/h9H,1-4H3,(H,8,10). The number of ether oxygens (including phenoxy) is 1. The van der Waals surface area contributed by atoms with E-state index < -0.39 is 17.4 Å². The Morgan fingerprint density at radius 3 is 2.08 bits per heavy atom. The molecule has 0 heterocycles. The van der Waals surface area contributed by atoms with Gasteiger partial charge < -0.3 is 10.1 Å². The quantitative estimate of drug-likeness (QED) is 0.420. The summed E-state index contributed by atoms with van der Waals surface area (Å²) in [6.45, 7) is 1.46. The molecule has 0 radical (unpaired) electrons. The van der Waals surface area contributed by atoms with E-state index in [1.54, 1.807) is 0 Å². The van der Waals surface area contributed by atoms with E-state index in [2.05, 4.69) is 15.4 Å². The summed E-state index contributed by atoms with van der Waals surface area (Å²) in [5.41, 5.74) is -1.30. The van der Waals surface area contributed by atoms with Crippen LogP contribution < -0.4 is 10.6 Å².